The number of ether oxygens (including phenoxy) is 1. The average molecular weight is 293 g/mol. The molecular formula is C16H23NO4. The number of carbonyl (C=O) groups is 2. The predicted octanol–water partition coefficient (Wildman–Crippen LogP) is 1.78. The Balaban J connectivity index is 2.58. The van der Waals surface area contributed by atoms with Crippen molar-refractivity contribution in [2.75, 3.05) is 13.2 Å². The Labute approximate surface area is 125 Å². The highest BCUT2D eigenvalue weighted by Crippen LogP contribution is 2.11. The maximum absolute atomic E-state index is 11.7. The minimum absolute atomic E-state index is 0.0967. The summed E-state index contributed by atoms with van der Waals surface area (Å²) in [6, 6.07) is 7.72. The van der Waals surface area contributed by atoms with E-state index in [1.54, 1.807) is 6.92 Å². The normalized spacial score (nSPS) is 13.5. The van der Waals surface area contributed by atoms with E-state index in [1.165, 1.54) is 0 Å². The number of aliphatic carboxylic acids is 1. The Morgan fingerprint density at radius 2 is 2.10 bits per heavy atom. The minimum atomic E-state index is -0.916. The second kappa shape index (κ2) is 8.42. The monoisotopic (exact) mass is 293 g/mol. The van der Waals surface area contributed by atoms with Crippen LogP contribution in [0.5, 0.6) is 0 Å². The smallest absolute Gasteiger partial charge is 0.308 e. The molecule has 116 valence electrons. The highest BCUT2D eigenvalue weighted by Gasteiger charge is 2.21. The second-order valence-electron chi connectivity index (χ2n) is 5.07. The molecule has 1 aromatic rings. The summed E-state index contributed by atoms with van der Waals surface area (Å²) in [5, 5.41) is 11.9. The molecule has 2 atom stereocenters. The molecule has 5 nitrogen and oxygen atoms in total. The Hall–Kier alpha value is -1.88. The van der Waals surface area contributed by atoms with Gasteiger partial charge in [0, 0.05) is 13.2 Å². The standard InChI is InChI=1S/C16H23NO4/c1-4-21-12(3)15(18)17-10-14(16(19)20)9-13-7-5-6-11(2)8-13/h5-8,12,14H,4,9-10H2,1-3H3,(H,17,18)(H,19,20). The molecule has 0 aromatic heterocycles. The SMILES string of the molecule is CCOC(C)C(=O)NCC(Cc1cccc(C)c1)C(=O)O. The van der Waals surface area contributed by atoms with Gasteiger partial charge in [-0.3, -0.25) is 9.59 Å². The molecule has 1 rings (SSSR count). The fourth-order valence-electron chi connectivity index (χ4n) is 2.06. The summed E-state index contributed by atoms with van der Waals surface area (Å²) >= 11 is 0. The second-order valence-corrected chi connectivity index (χ2v) is 5.07. The zero-order chi connectivity index (χ0) is 15.8. The fourth-order valence-corrected chi connectivity index (χ4v) is 2.06. The Morgan fingerprint density at radius 1 is 1.38 bits per heavy atom. The summed E-state index contributed by atoms with van der Waals surface area (Å²) in [5.41, 5.74) is 2.04. The van der Waals surface area contributed by atoms with Crippen LogP contribution >= 0.6 is 0 Å². The zero-order valence-electron chi connectivity index (χ0n) is 12.8. The van der Waals surface area contributed by atoms with Crippen molar-refractivity contribution in [2.24, 2.45) is 5.92 Å². The van der Waals surface area contributed by atoms with Crippen LogP contribution in [0.3, 0.4) is 0 Å². The lowest BCUT2D eigenvalue weighted by Gasteiger charge is -2.16. The first-order valence-electron chi connectivity index (χ1n) is 7.11. The van der Waals surface area contributed by atoms with Gasteiger partial charge in [0.25, 0.3) is 0 Å². The molecule has 0 heterocycles. The molecular weight excluding hydrogens is 270 g/mol. The summed E-state index contributed by atoms with van der Waals surface area (Å²) < 4.78 is 5.17. The average Bonchev–Trinajstić information content (AvgIpc) is 2.43. The molecule has 1 amide bonds. The van der Waals surface area contributed by atoms with E-state index < -0.39 is 18.0 Å². The van der Waals surface area contributed by atoms with Gasteiger partial charge in [-0.1, -0.05) is 29.8 Å². The van der Waals surface area contributed by atoms with Crippen molar-refractivity contribution in [3.8, 4) is 0 Å². The van der Waals surface area contributed by atoms with Crippen LogP contribution in [0.4, 0.5) is 0 Å². The highest BCUT2D eigenvalue weighted by molar-refractivity contribution is 5.81. The molecule has 0 aliphatic heterocycles. The highest BCUT2D eigenvalue weighted by atomic mass is 16.5. The largest absolute Gasteiger partial charge is 0.481 e. The molecule has 1 aromatic carbocycles. The van der Waals surface area contributed by atoms with Crippen LogP contribution in [0.15, 0.2) is 24.3 Å². The quantitative estimate of drug-likeness (QED) is 0.766. The molecule has 2 N–H and O–H groups in total. The Morgan fingerprint density at radius 3 is 2.67 bits per heavy atom. The number of carbonyl (C=O) groups excluding carboxylic acids is 1. The molecule has 0 bridgehead atoms. The van der Waals surface area contributed by atoms with Crippen molar-refractivity contribution in [1.29, 1.82) is 0 Å². The van der Waals surface area contributed by atoms with Crippen LogP contribution in [0, 0.1) is 12.8 Å². The molecule has 21 heavy (non-hydrogen) atoms. The molecule has 0 aliphatic rings. The maximum atomic E-state index is 11.7. The van der Waals surface area contributed by atoms with E-state index in [9.17, 15) is 14.7 Å². The van der Waals surface area contributed by atoms with Gasteiger partial charge in [-0.25, -0.2) is 0 Å². The number of benzene rings is 1. The molecule has 0 fully saturated rings. The van der Waals surface area contributed by atoms with Crippen molar-refractivity contribution in [1.82, 2.24) is 5.32 Å². The molecule has 0 saturated carbocycles. The molecule has 2 unspecified atom stereocenters. The van der Waals surface area contributed by atoms with Crippen LogP contribution in [0.25, 0.3) is 0 Å². The van der Waals surface area contributed by atoms with E-state index in [0.717, 1.165) is 11.1 Å². The van der Waals surface area contributed by atoms with E-state index >= 15 is 0 Å². The summed E-state index contributed by atoms with van der Waals surface area (Å²) in [7, 11) is 0. The van der Waals surface area contributed by atoms with E-state index in [1.807, 2.05) is 38.1 Å². The van der Waals surface area contributed by atoms with E-state index in [4.69, 9.17) is 4.74 Å². The number of carboxylic acids is 1. The van der Waals surface area contributed by atoms with Crippen molar-refractivity contribution in [2.45, 2.75) is 33.3 Å². The van der Waals surface area contributed by atoms with Crippen molar-refractivity contribution in [3.63, 3.8) is 0 Å². The number of carboxylic acid groups (broad SMARTS) is 1. The lowest BCUT2D eigenvalue weighted by molar-refractivity contribution is -0.142. The first kappa shape index (κ1) is 17.2. The fraction of sp³-hybridized carbons (Fsp3) is 0.500. The lowest BCUT2D eigenvalue weighted by atomic mass is 9.98. The van der Waals surface area contributed by atoms with Crippen LogP contribution in [0.2, 0.25) is 0 Å². The van der Waals surface area contributed by atoms with Gasteiger partial charge in [-0.05, 0) is 32.8 Å². The molecule has 5 heteroatoms. The first-order valence-corrected chi connectivity index (χ1v) is 7.11. The van der Waals surface area contributed by atoms with Gasteiger partial charge >= 0.3 is 5.97 Å². The number of nitrogens with one attached hydrogen (secondary N) is 1. The summed E-state index contributed by atoms with van der Waals surface area (Å²) in [6.45, 7) is 5.96. The zero-order valence-corrected chi connectivity index (χ0v) is 12.8. The van der Waals surface area contributed by atoms with Gasteiger partial charge in [0.1, 0.15) is 6.10 Å². The summed E-state index contributed by atoms with van der Waals surface area (Å²) in [6.07, 6.45) is -0.177. The summed E-state index contributed by atoms with van der Waals surface area (Å²) in [5.74, 6) is -1.85. The number of hydrogen-bond acceptors (Lipinski definition) is 3. The molecule has 0 spiro atoms. The third kappa shape index (κ3) is 5.95. The van der Waals surface area contributed by atoms with Crippen LogP contribution in [-0.4, -0.2) is 36.2 Å². The minimum Gasteiger partial charge on any atom is -0.481 e. The molecule has 0 aliphatic carbocycles. The van der Waals surface area contributed by atoms with Crippen molar-refractivity contribution < 1.29 is 19.4 Å². The van der Waals surface area contributed by atoms with Crippen LogP contribution in [-0.2, 0) is 20.7 Å². The molecule has 0 radical (unpaired) electrons. The molecule has 0 saturated heterocycles. The number of amides is 1. The van der Waals surface area contributed by atoms with Crippen molar-refractivity contribution in [3.05, 3.63) is 35.4 Å². The van der Waals surface area contributed by atoms with Crippen LogP contribution < -0.4 is 5.32 Å². The van der Waals surface area contributed by atoms with Gasteiger partial charge in [0.15, 0.2) is 0 Å². The summed E-state index contributed by atoms with van der Waals surface area (Å²) in [4.78, 5) is 23.1. The topological polar surface area (TPSA) is 75.6 Å². The van der Waals surface area contributed by atoms with Gasteiger partial charge in [-0.15, -0.1) is 0 Å². The number of aryl methyl sites for hydroxylation is 1. The van der Waals surface area contributed by atoms with Crippen molar-refractivity contribution >= 4 is 11.9 Å². The Kier molecular flexibility index (Phi) is 6.88. The van der Waals surface area contributed by atoms with E-state index in [-0.39, 0.29) is 12.5 Å². The number of hydrogen-bond donors (Lipinski definition) is 2. The van der Waals surface area contributed by atoms with E-state index in [2.05, 4.69) is 5.32 Å². The first-order chi connectivity index (χ1) is 9.93. The van der Waals surface area contributed by atoms with Gasteiger partial charge in [0.05, 0.1) is 5.92 Å². The number of rotatable bonds is 8. The third-order valence-corrected chi connectivity index (χ3v) is 3.22. The lowest BCUT2D eigenvalue weighted by Crippen LogP contribution is -2.39. The third-order valence-electron chi connectivity index (χ3n) is 3.22. The van der Waals surface area contributed by atoms with Gasteiger partial charge < -0.3 is 15.2 Å². The van der Waals surface area contributed by atoms with Gasteiger partial charge in [-0.2, -0.15) is 0 Å². The van der Waals surface area contributed by atoms with E-state index in [0.29, 0.717) is 13.0 Å². The maximum Gasteiger partial charge on any atom is 0.308 e. The van der Waals surface area contributed by atoms with Gasteiger partial charge in [0.2, 0.25) is 5.91 Å². The Bertz CT molecular complexity index is 487. The predicted molar refractivity (Wildman–Crippen MR) is 80.1 cm³/mol. The van der Waals surface area contributed by atoms with Crippen LogP contribution in [0.1, 0.15) is 25.0 Å².